The van der Waals surface area contributed by atoms with Crippen LogP contribution >= 0.6 is 0 Å². The highest BCUT2D eigenvalue weighted by Crippen LogP contribution is 2.27. The number of nitrogens with zero attached hydrogens (tertiary/aromatic N) is 1. The van der Waals surface area contributed by atoms with E-state index < -0.39 is 36.2 Å². The summed E-state index contributed by atoms with van der Waals surface area (Å²) in [4.78, 5) is 52.1. The number of guanidine groups is 1. The molecule has 0 unspecified atom stereocenters. The number of imide groups is 1. The van der Waals surface area contributed by atoms with Crippen molar-refractivity contribution in [2.24, 2.45) is 16.5 Å². The number of carbonyl (C=O) groups is 4. The lowest BCUT2D eigenvalue weighted by molar-refractivity contribution is -0.142. The molecule has 0 heterocycles. The number of ether oxygens (including phenoxy) is 2. The number of nitrogens with one attached hydrogen (secondary N) is 2. The molecule has 0 fully saturated rings. The topological polar surface area (TPSA) is 195 Å². The van der Waals surface area contributed by atoms with Crippen molar-refractivity contribution in [2.45, 2.75) is 57.4 Å². The van der Waals surface area contributed by atoms with Crippen LogP contribution < -0.4 is 31.6 Å². The van der Waals surface area contributed by atoms with Crippen molar-refractivity contribution >= 4 is 29.7 Å². The second kappa shape index (κ2) is 15.9. The Balaban J connectivity index is 2.51. The van der Waals surface area contributed by atoms with Crippen molar-refractivity contribution < 1.29 is 33.8 Å². The van der Waals surface area contributed by atoms with Gasteiger partial charge in [-0.1, -0.05) is 25.3 Å². The van der Waals surface area contributed by atoms with Gasteiger partial charge in [0.1, 0.15) is 6.04 Å². The summed E-state index contributed by atoms with van der Waals surface area (Å²) in [5.41, 5.74) is 11.1. The molecule has 0 saturated heterocycles. The van der Waals surface area contributed by atoms with Gasteiger partial charge in [0, 0.05) is 13.0 Å². The van der Waals surface area contributed by atoms with Gasteiger partial charge < -0.3 is 31.4 Å². The zero-order valence-corrected chi connectivity index (χ0v) is 20.2. The number of hydrogen-bond acceptors (Lipinski definition) is 7. The van der Waals surface area contributed by atoms with Gasteiger partial charge in [0.25, 0.3) is 0 Å². The van der Waals surface area contributed by atoms with Gasteiger partial charge in [-0.25, -0.2) is 0 Å². The summed E-state index contributed by atoms with van der Waals surface area (Å²) in [5, 5.41) is 13.7. The molecule has 1 aromatic rings. The van der Waals surface area contributed by atoms with E-state index in [1.807, 2.05) is 0 Å². The van der Waals surface area contributed by atoms with Gasteiger partial charge in [-0.2, -0.15) is 0 Å². The Kier molecular flexibility index (Phi) is 13.3. The SMILES string of the molecule is COc1ccc(CC(=O)NC(=O)[C@H](CC(=O)O)NC(=O)CCCCCCCN=C(N)N)cc1OC. The van der Waals surface area contributed by atoms with Crippen LogP contribution in [0.1, 0.15) is 50.5 Å². The Morgan fingerprint density at radius 3 is 2.26 bits per heavy atom. The molecule has 12 nitrogen and oxygen atoms in total. The van der Waals surface area contributed by atoms with Gasteiger partial charge in [0.15, 0.2) is 17.5 Å². The molecule has 194 valence electrons. The van der Waals surface area contributed by atoms with Crippen molar-refractivity contribution in [2.75, 3.05) is 20.8 Å². The van der Waals surface area contributed by atoms with Crippen LogP contribution in [-0.2, 0) is 25.6 Å². The number of unbranched alkanes of at least 4 members (excludes halogenated alkanes) is 4. The van der Waals surface area contributed by atoms with Crippen LogP contribution in [0.25, 0.3) is 0 Å². The minimum Gasteiger partial charge on any atom is -0.493 e. The molecule has 0 aliphatic heterocycles. The van der Waals surface area contributed by atoms with E-state index in [1.165, 1.54) is 14.2 Å². The zero-order chi connectivity index (χ0) is 26.2. The van der Waals surface area contributed by atoms with Crippen molar-refractivity contribution in [3.05, 3.63) is 23.8 Å². The molecule has 0 aliphatic rings. The molecule has 1 aromatic carbocycles. The van der Waals surface area contributed by atoms with E-state index in [-0.39, 0.29) is 18.8 Å². The molecule has 12 heteroatoms. The fourth-order valence-corrected chi connectivity index (χ4v) is 3.23. The molecule has 1 rings (SSSR count). The summed E-state index contributed by atoms with van der Waals surface area (Å²) in [7, 11) is 2.94. The van der Waals surface area contributed by atoms with E-state index in [0.29, 0.717) is 30.0 Å². The van der Waals surface area contributed by atoms with E-state index in [9.17, 15) is 19.2 Å². The molecule has 1 atom stereocenters. The minimum atomic E-state index is -1.37. The number of amides is 3. The highest BCUT2D eigenvalue weighted by molar-refractivity contribution is 6.01. The molecule has 0 aromatic heterocycles. The summed E-state index contributed by atoms with van der Waals surface area (Å²) in [6, 6.07) is 3.50. The number of methoxy groups -OCH3 is 2. The molecule has 0 aliphatic carbocycles. The average molecular weight is 494 g/mol. The Labute approximate surface area is 204 Å². The fraction of sp³-hybridized carbons (Fsp3) is 0.522. The summed E-state index contributed by atoms with van der Waals surface area (Å²) < 4.78 is 10.3. The molecular formula is C23H35N5O7. The van der Waals surface area contributed by atoms with Crippen LogP contribution in [0.15, 0.2) is 23.2 Å². The monoisotopic (exact) mass is 493 g/mol. The lowest BCUT2D eigenvalue weighted by atomic mass is 10.1. The largest absolute Gasteiger partial charge is 0.493 e. The number of carbonyl (C=O) groups excluding carboxylic acids is 3. The van der Waals surface area contributed by atoms with Crippen molar-refractivity contribution in [3.63, 3.8) is 0 Å². The third-order valence-corrected chi connectivity index (χ3v) is 4.96. The van der Waals surface area contributed by atoms with Gasteiger partial charge in [-0.05, 0) is 30.5 Å². The van der Waals surface area contributed by atoms with Crippen LogP contribution in [0.4, 0.5) is 0 Å². The van der Waals surface area contributed by atoms with Crippen molar-refractivity contribution in [3.8, 4) is 11.5 Å². The molecule has 3 amide bonds. The van der Waals surface area contributed by atoms with Gasteiger partial charge in [0.2, 0.25) is 17.7 Å². The van der Waals surface area contributed by atoms with E-state index in [4.69, 9.17) is 26.0 Å². The number of carboxylic acid groups (broad SMARTS) is 1. The van der Waals surface area contributed by atoms with Crippen LogP contribution in [0.5, 0.6) is 11.5 Å². The molecule has 0 saturated carbocycles. The maximum atomic E-state index is 12.5. The van der Waals surface area contributed by atoms with Gasteiger partial charge in [-0.15, -0.1) is 0 Å². The standard InChI is InChI=1S/C23H35N5O7/c1-34-17-10-9-15(12-18(17)35-2)13-20(30)28-22(33)16(14-21(31)32)27-19(29)8-6-4-3-5-7-11-26-23(24)25/h9-10,12,16H,3-8,11,13-14H2,1-2H3,(H,27,29)(H,31,32)(H4,24,25,26)(H,28,30,33)/t16-/m0/s1. The number of nitrogens with two attached hydrogens (primary N) is 2. The molecule has 35 heavy (non-hydrogen) atoms. The molecule has 0 radical (unpaired) electrons. The lowest BCUT2D eigenvalue weighted by Gasteiger charge is -2.16. The number of carboxylic acids is 1. The molecule has 0 spiro atoms. The first-order valence-electron chi connectivity index (χ1n) is 11.3. The predicted molar refractivity (Wildman–Crippen MR) is 129 cm³/mol. The molecular weight excluding hydrogens is 458 g/mol. The van der Waals surface area contributed by atoms with Gasteiger partial charge in [-0.3, -0.25) is 29.5 Å². The Hall–Kier alpha value is -3.83. The Bertz CT molecular complexity index is 900. The summed E-state index contributed by atoms with van der Waals surface area (Å²) in [5.74, 6) is -2.29. The minimum absolute atomic E-state index is 0.0595. The third kappa shape index (κ3) is 12.3. The van der Waals surface area contributed by atoms with E-state index in [0.717, 1.165) is 25.7 Å². The van der Waals surface area contributed by atoms with E-state index in [2.05, 4.69) is 15.6 Å². The molecule has 7 N–H and O–H groups in total. The molecule has 0 bridgehead atoms. The average Bonchev–Trinajstić information content (AvgIpc) is 2.79. The van der Waals surface area contributed by atoms with Crippen LogP contribution in [-0.4, -0.2) is 61.6 Å². The number of aliphatic imine (C=N–C) groups is 1. The summed E-state index contributed by atoms with van der Waals surface area (Å²) in [6.07, 6.45) is 3.33. The normalized spacial score (nSPS) is 11.1. The first kappa shape index (κ1) is 29.2. The highest BCUT2D eigenvalue weighted by Gasteiger charge is 2.25. The lowest BCUT2D eigenvalue weighted by Crippen LogP contribution is -2.49. The van der Waals surface area contributed by atoms with Gasteiger partial charge in [0.05, 0.1) is 27.1 Å². The smallest absolute Gasteiger partial charge is 0.305 e. The predicted octanol–water partition coefficient (Wildman–Crippen LogP) is 0.463. The maximum Gasteiger partial charge on any atom is 0.305 e. The van der Waals surface area contributed by atoms with Crippen molar-refractivity contribution in [1.82, 2.24) is 10.6 Å². The Morgan fingerprint density at radius 1 is 0.971 bits per heavy atom. The van der Waals surface area contributed by atoms with Crippen LogP contribution in [0.3, 0.4) is 0 Å². The van der Waals surface area contributed by atoms with Crippen molar-refractivity contribution in [1.29, 1.82) is 0 Å². The number of aliphatic carboxylic acids is 1. The third-order valence-electron chi connectivity index (χ3n) is 4.96. The van der Waals surface area contributed by atoms with Crippen LogP contribution in [0, 0.1) is 0 Å². The summed E-state index contributed by atoms with van der Waals surface area (Å²) >= 11 is 0. The maximum absolute atomic E-state index is 12.5. The van der Waals surface area contributed by atoms with Gasteiger partial charge >= 0.3 is 5.97 Å². The number of benzene rings is 1. The van der Waals surface area contributed by atoms with E-state index >= 15 is 0 Å². The quantitative estimate of drug-likeness (QED) is 0.123. The highest BCUT2D eigenvalue weighted by atomic mass is 16.5. The first-order chi connectivity index (χ1) is 16.7. The second-order valence-electron chi connectivity index (χ2n) is 7.82. The first-order valence-corrected chi connectivity index (χ1v) is 11.3. The number of hydrogen-bond donors (Lipinski definition) is 5. The summed E-state index contributed by atoms with van der Waals surface area (Å²) in [6.45, 7) is 0.555. The fourth-order valence-electron chi connectivity index (χ4n) is 3.23. The van der Waals surface area contributed by atoms with Crippen LogP contribution in [0.2, 0.25) is 0 Å². The van der Waals surface area contributed by atoms with E-state index in [1.54, 1.807) is 18.2 Å². The zero-order valence-electron chi connectivity index (χ0n) is 20.2. The Morgan fingerprint density at radius 2 is 1.63 bits per heavy atom. The second-order valence-corrected chi connectivity index (χ2v) is 7.82. The number of rotatable bonds is 16.